The quantitative estimate of drug-likeness (QED) is 0.138. The number of fused-ring (bicyclic) bond motifs is 1. The lowest BCUT2D eigenvalue weighted by Gasteiger charge is -2.13. The van der Waals surface area contributed by atoms with E-state index in [1.807, 2.05) is 18.2 Å². The number of alkyl halides is 3. The normalized spacial score (nSPS) is 13.4. The van der Waals surface area contributed by atoms with Crippen molar-refractivity contribution in [2.75, 3.05) is 21.3 Å². The van der Waals surface area contributed by atoms with Crippen LogP contribution >= 0.6 is 0 Å². The van der Waals surface area contributed by atoms with Crippen LogP contribution in [0.1, 0.15) is 22.4 Å². The molecule has 0 atom stereocenters. The van der Waals surface area contributed by atoms with E-state index in [-0.39, 0.29) is 17.2 Å². The highest BCUT2D eigenvalue weighted by molar-refractivity contribution is 6.35. The van der Waals surface area contributed by atoms with Gasteiger partial charge in [0.25, 0.3) is 5.91 Å². The van der Waals surface area contributed by atoms with E-state index in [0.717, 1.165) is 11.8 Å². The van der Waals surface area contributed by atoms with Gasteiger partial charge < -0.3 is 26.3 Å². The summed E-state index contributed by atoms with van der Waals surface area (Å²) >= 11 is 0. The van der Waals surface area contributed by atoms with Crippen LogP contribution < -0.4 is 21.3 Å². The molecular formula is C28H18F4N6O2. The van der Waals surface area contributed by atoms with Crippen LogP contribution in [0, 0.1) is 17.1 Å². The first-order chi connectivity index (χ1) is 19.1. The van der Waals surface area contributed by atoms with Gasteiger partial charge in [-0.2, -0.15) is 18.4 Å². The van der Waals surface area contributed by atoms with E-state index in [0.29, 0.717) is 40.3 Å². The highest BCUT2D eigenvalue weighted by atomic mass is 19.4. The van der Waals surface area contributed by atoms with Gasteiger partial charge in [-0.25, -0.2) is 9.18 Å². The predicted molar refractivity (Wildman–Crippen MR) is 142 cm³/mol. The van der Waals surface area contributed by atoms with Gasteiger partial charge in [-0.3, -0.25) is 4.79 Å². The van der Waals surface area contributed by atoms with Gasteiger partial charge in [-0.05, 0) is 66.7 Å². The molecule has 1 aliphatic heterocycles. The Labute approximate surface area is 224 Å². The molecule has 2 heterocycles. The molecule has 0 aliphatic carbocycles. The van der Waals surface area contributed by atoms with Crippen LogP contribution in [0.2, 0.25) is 0 Å². The van der Waals surface area contributed by atoms with E-state index >= 15 is 0 Å². The fourth-order valence-corrected chi connectivity index (χ4v) is 4.13. The van der Waals surface area contributed by atoms with E-state index in [2.05, 4.69) is 26.3 Å². The Bertz CT molecular complexity index is 1700. The zero-order valence-electron chi connectivity index (χ0n) is 20.3. The average Bonchev–Trinajstić information content (AvgIpc) is 3.50. The van der Waals surface area contributed by atoms with E-state index in [1.165, 1.54) is 18.2 Å². The van der Waals surface area contributed by atoms with Crippen molar-refractivity contribution in [3.05, 3.63) is 101 Å². The molecule has 5 rings (SSSR count). The van der Waals surface area contributed by atoms with Crippen molar-refractivity contribution >= 4 is 52.0 Å². The van der Waals surface area contributed by atoms with E-state index in [1.54, 1.807) is 30.5 Å². The molecule has 8 nitrogen and oxygen atoms in total. The summed E-state index contributed by atoms with van der Waals surface area (Å²) in [5.41, 5.74) is 2.22. The summed E-state index contributed by atoms with van der Waals surface area (Å²) in [6.45, 7) is 0. The number of urea groups is 1. The zero-order chi connectivity index (χ0) is 28.4. The number of amides is 3. The Morgan fingerprint density at radius 2 is 1.68 bits per heavy atom. The Balaban J connectivity index is 1.33. The molecule has 200 valence electrons. The number of aromatic nitrogens is 1. The second-order valence-corrected chi connectivity index (χ2v) is 8.74. The van der Waals surface area contributed by atoms with E-state index < -0.39 is 29.3 Å². The number of H-pyrrole nitrogens is 1. The van der Waals surface area contributed by atoms with Gasteiger partial charge in [0.15, 0.2) is 0 Å². The summed E-state index contributed by atoms with van der Waals surface area (Å²) in [6.07, 6.45) is -1.31. The molecule has 40 heavy (non-hydrogen) atoms. The summed E-state index contributed by atoms with van der Waals surface area (Å²) in [6, 6.07) is 15.9. The van der Waals surface area contributed by atoms with Crippen molar-refractivity contribution in [3.63, 3.8) is 0 Å². The minimum atomic E-state index is -4.79. The molecule has 0 saturated heterocycles. The lowest BCUT2D eigenvalue weighted by Crippen LogP contribution is -2.20. The molecule has 1 aliphatic rings. The van der Waals surface area contributed by atoms with Gasteiger partial charge in [0.2, 0.25) is 0 Å². The molecule has 1 aromatic heterocycles. The Kier molecular flexibility index (Phi) is 6.71. The van der Waals surface area contributed by atoms with Gasteiger partial charge in [-0.15, -0.1) is 0 Å². The first kappa shape index (κ1) is 26.1. The Hall–Kier alpha value is -5.57. The number of nitriles is 1. The van der Waals surface area contributed by atoms with Crippen LogP contribution in [-0.4, -0.2) is 16.9 Å². The fraction of sp³-hybridized carbons (Fsp3) is 0.0357. The molecule has 5 N–H and O–H groups in total. The fourth-order valence-electron chi connectivity index (χ4n) is 4.13. The number of nitrogens with zero attached hydrogens (tertiary/aromatic N) is 1. The van der Waals surface area contributed by atoms with E-state index in [9.17, 15) is 32.4 Å². The maximum Gasteiger partial charge on any atom is 0.416 e. The summed E-state index contributed by atoms with van der Waals surface area (Å²) < 4.78 is 52.6. The van der Waals surface area contributed by atoms with Gasteiger partial charge in [-0.1, -0.05) is 6.07 Å². The molecule has 3 amide bonds. The Morgan fingerprint density at radius 3 is 2.38 bits per heavy atom. The van der Waals surface area contributed by atoms with Crippen molar-refractivity contribution in [2.45, 2.75) is 6.18 Å². The average molecular weight is 546 g/mol. The molecule has 0 unspecified atom stereocenters. The molecule has 3 aromatic carbocycles. The number of carbonyl (C=O) groups is 2. The largest absolute Gasteiger partial charge is 0.416 e. The van der Waals surface area contributed by atoms with Gasteiger partial charge in [0.05, 0.1) is 28.5 Å². The minimum Gasteiger partial charge on any atom is -0.362 e. The lowest BCUT2D eigenvalue weighted by atomic mass is 10.1. The number of hydrogen-bond donors (Lipinski definition) is 5. The van der Waals surface area contributed by atoms with Gasteiger partial charge >= 0.3 is 12.2 Å². The molecule has 0 spiro atoms. The van der Waals surface area contributed by atoms with Crippen molar-refractivity contribution in [1.82, 2.24) is 4.98 Å². The standard InChI is InChI=1S/C28H18F4N6O2/c29-17-8-16(28(30,31)32)9-22(10-17)37-27(40)36-21-7-15(14-33)6-20(11-21)35-19-3-4-23-24(12-18-2-1-5-34-18)26(39)38-25(23)13-19/h1-13,34-35H,(H,38,39)(H2,36,37,40). The first-order valence-corrected chi connectivity index (χ1v) is 11.7. The second-order valence-electron chi connectivity index (χ2n) is 8.74. The monoisotopic (exact) mass is 546 g/mol. The number of halogens is 4. The minimum absolute atomic E-state index is 0.150. The highest BCUT2D eigenvalue weighted by Crippen LogP contribution is 2.36. The zero-order valence-corrected chi connectivity index (χ0v) is 20.3. The van der Waals surface area contributed by atoms with Gasteiger partial charge in [0, 0.05) is 40.2 Å². The third kappa shape index (κ3) is 5.78. The number of nitrogens with one attached hydrogen (secondary N) is 5. The molecule has 0 radical (unpaired) electrons. The Morgan fingerprint density at radius 1 is 0.925 bits per heavy atom. The third-order valence-corrected chi connectivity index (χ3v) is 5.82. The molecular weight excluding hydrogens is 528 g/mol. The molecule has 4 aromatic rings. The van der Waals surface area contributed by atoms with Crippen LogP contribution in [0.5, 0.6) is 0 Å². The summed E-state index contributed by atoms with van der Waals surface area (Å²) in [4.78, 5) is 28.0. The SMILES string of the molecule is N#Cc1cc(NC(=O)Nc2cc(F)cc(C(F)(F)F)c2)cc(Nc2ccc3c(c2)NC(=O)C3=Cc2ccc[nH]2)c1. The molecule has 12 heteroatoms. The molecule has 0 saturated carbocycles. The summed E-state index contributed by atoms with van der Waals surface area (Å²) in [5.74, 6) is -1.42. The predicted octanol–water partition coefficient (Wildman–Crippen LogP) is 6.92. The van der Waals surface area contributed by atoms with Crippen molar-refractivity contribution in [3.8, 4) is 6.07 Å². The van der Waals surface area contributed by atoms with Crippen LogP contribution in [-0.2, 0) is 11.0 Å². The van der Waals surface area contributed by atoms with Crippen LogP contribution in [0.3, 0.4) is 0 Å². The lowest BCUT2D eigenvalue weighted by molar-refractivity contribution is -0.137. The van der Waals surface area contributed by atoms with Crippen molar-refractivity contribution < 1.29 is 27.2 Å². The number of benzene rings is 3. The first-order valence-electron chi connectivity index (χ1n) is 11.7. The van der Waals surface area contributed by atoms with Crippen molar-refractivity contribution in [1.29, 1.82) is 5.26 Å². The van der Waals surface area contributed by atoms with Crippen LogP contribution in [0.15, 0.2) is 72.9 Å². The number of carbonyl (C=O) groups excluding carboxylic acids is 2. The second kappa shape index (κ2) is 10.3. The number of rotatable bonds is 5. The maximum atomic E-state index is 13.7. The van der Waals surface area contributed by atoms with Crippen molar-refractivity contribution in [2.24, 2.45) is 0 Å². The van der Waals surface area contributed by atoms with Crippen LogP contribution in [0.4, 0.5) is 50.8 Å². The highest BCUT2D eigenvalue weighted by Gasteiger charge is 2.31. The smallest absolute Gasteiger partial charge is 0.362 e. The van der Waals surface area contributed by atoms with Gasteiger partial charge in [0.1, 0.15) is 5.82 Å². The number of anilines is 5. The third-order valence-electron chi connectivity index (χ3n) is 5.82. The van der Waals surface area contributed by atoms with E-state index in [4.69, 9.17) is 0 Å². The maximum absolute atomic E-state index is 13.7. The molecule has 0 bridgehead atoms. The summed E-state index contributed by atoms with van der Waals surface area (Å²) in [7, 11) is 0. The number of hydrogen-bond acceptors (Lipinski definition) is 4. The van der Waals surface area contributed by atoms with Crippen LogP contribution in [0.25, 0.3) is 11.6 Å². The number of aromatic amines is 1. The summed E-state index contributed by atoms with van der Waals surface area (Å²) in [5, 5.41) is 19.9. The molecule has 0 fully saturated rings. The topological polar surface area (TPSA) is 122 Å².